The smallest absolute Gasteiger partial charge is 0.245 e. The number of likely N-dealkylation sites (tertiary alicyclic amines) is 3. The van der Waals surface area contributed by atoms with Gasteiger partial charge in [-0.25, -0.2) is 30.4 Å². The summed E-state index contributed by atoms with van der Waals surface area (Å²) in [6.07, 6.45) is 16.6. The Hall–Kier alpha value is -9.39. The monoisotopic (exact) mass is 1410 g/mol. The van der Waals surface area contributed by atoms with Gasteiger partial charge in [-0.2, -0.15) is 25.2 Å². The lowest BCUT2D eigenvalue weighted by atomic mass is 9.97. The van der Waals surface area contributed by atoms with Crippen molar-refractivity contribution in [3.63, 3.8) is 0 Å². The van der Waals surface area contributed by atoms with Gasteiger partial charge in [-0.15, -0.1) is 0 Å². The number of carbonyl (C=O) groups is 3. The Bertz CT molecular complexity index is 4790. The van der Waals surface area contributed by atoms with E-state index < -0.39 is 48.2 Å². The van der Waals surface area contributed by atoms with E-state index in [1.54, 1.807) is 156 Å². The van der Waals surface area contributed by atoms with Crippen LogP contribution in [0.5, 0.6) is 0 Å². The number of amides is 3. The van der Waals surface area contributed by atoms with Crippen molar-refractivity contribution in [2.24, 2.45) is 17.0 Å². The van der Waals surface area contributed by atoms with Gasteiger partial charge in [0.15, 0.2) is 0 Å². The topological polar surface area (TPSA) is 397 Å². The quantitative estimate of drug-likeness (QED) is 0.0387. The van der Waals surface area contributed by atoms with Crippen molar-refractivity contribution < 1.29 is 55.0 Å². The van der Waals surface area contributed by atoms with E-state index in [1.807, 2.05) is 4.90 Å². The van der Waals surface area contributed by atoms with Gasteiger partial charge >= 0.3 is 0 Å². The summed E-state index contributed by atoms with van der Waals surface area (Å²) in [4.78, 5) is 51.9. The number of sulfonamides is 3. The number of aryl methyl sites for hydroxylation is 3. The van der Waals surface area contributed by atoms with Crippen LogP contribution in [0.3, 0.4) is 0 Å². The highest BCUT2D eigenvalue weighted by molar-refractivity contribution is 7.90. The lowest BCUT2D eigenvalue weighted by molar-refractivity contribution is -0.138. The third-order valence-corrected chi connectivity index (χ3v) is 22.7. The van der Waals surface area contributed by atoms with E-state index in [2.05, 4.69) is 37.6 Å². The molecule has 3 amide bonds. The van der Waals surface area contributed by atoms with Crippen LogP contribution in [-0.4, -0.2) is 172 Å². The highest BCUT2D eigenvalue weighted by Crippen LogP contribution is 2.32. The van der Waals surface area contributed by atoms with E-state index in [-0.39, 0.29) is 82.9 Å². The molecule has 3 fully saturated rings. The molecule has 0 radical (unpaired) electrons. The fourth-order valence-electron chi connectivity index (χ4n) is 13.4. The minimum Gasteiger partial charge on any atom is -0.396 e. The number of hydrogen-bond donors (Lipinski definition) is 8. The number of aliphatic hydroxyl groups is 3. The van der Waals surface area contributed by atoms with Crippen molar-refractivity contribution in [3.05, 3.63) is 163 Å². The summed E-state index contributed by atoms with van der Waals surface area (Å²) in [6.45, 7) is 3.52. The molecule has 3 saturated heterocycles. The molecule has 9 aromatic rings. The Morgan fingerprint density at radius 3 is 1.55 bits per heavy atom. The molecular weight excluding hydrogens is 1330 g/mol. The Morgan fingerprint density at radius 1 is 0.515 bits per heavy atom. The number of nitrogens with two attached hydrogens (primary N) is 1. The zero-order valence-electron chi connectivity index (χ0n) is 54.5. The number of nitrogens with one attached hydrogen (secondary N) is 4. The summed E-state index contributed by atoms with van der Waals surface area (Å²) in [5.74, 6) is -0.540. The fraction of sp³-hybridized carbons (Fsp3) is 0.391. The number of fused-ring (bicyclic) bond motifs is 3. The normalized spacial score (nSPS) is 17.2. The van der Waals surface area contributed by atoms with Crippen LogP contribution in [0.1, 0.15) is 87.3 Å². The zero-order chi connectivity index (χ0) is 70.4. The fourth-order valence-corrected chi connectivity index (χ4v) is 17.0. The van der Waals surface area contributed by atoms with Crippen LogP contribution >= 0.6 is 0 Å². The molecule has 0 saturated carbocycles. The summed E-state index contributed by atoms with van der Waals surface area (Å²) >= 11 is 0. The van der Waals surface area contributed by atoms with Crippen LogP contribution in [0.4, 0.5) is 0 Å². The maximum atomic E-state index is 13.7. The highest BCUT2D eigenvalue weighted by atomic mass is 32.2. The van der Waals surface area contributed by atoms with E-state index in [1.165, 1.54) is 18.2 Å². The first-order valence-electron chi connectivity index (χ1n) is 32.9. The first-order chi connectivity index (χ1) is 47.7. The minimum atomic E-state index is -4.02. The van der Waals surface area contributed by atoms with Gasteiger partial charge in [-0.1, -0.05) is 18.2 Å². The number of piperidine rings is 3. The Labute approximate surface area is 574 Å². The van der Waals surface area contributed by atoms with Crippen LogP contribution < -0.4 is 14.6 Å². The number of primary sulfonamides is 1. The number of rotatable bonds is 23. The number of carbonyl (C=O) groups excluding carboxylic acids is 3. The first kappa shape index (κ1) is 72.4. The summed E-state index contributed by atoms with van der Waals surface area (Å²) in [5.41, 5.74) is 3.38. The van der Waals surface area contributed by atoms with Crippen LogP contribution in [0.15, 0.2) is 161 Å². The highest BCUT2D eigenvalue weighted by Gasteiger charge is 2.37. The van der Waals surface area contributed by atoms with Crippen molar-refractivity contribution in [2.45, 2.75) is 123 Å². The second-order valence-corrected chi connectivity index (χ2v) is 29.9. The summed E-state index contributed by atoms with van der Waals surface area (Å²) in [6, 6.07) is 33.5. The van der Waals surface area contributed by atoms with Crippen LogP contribution in [-0.2, 0) is 64.1 Å². The third kappa shape index (κ3) is 17.0. The molecule has 6 aromatic heterocycles. The molecule has 3 aliphatic rings. The molecular formula is C69H81N15O12S3. The number of benzene rings is 3. The number of hydrogen-bond acceptors (Lipinski definition) is 15. The number of nitriles is 3. The standard InChI is InChI=1S/3C23H27N5O4S/c24-14-18-5-3-11-27(18)13-9-21(23(30)28-12-2-4-17(15-28)16-29)26-33(31,32)22-7-1-6-20-19(22)8-10-25-20;24-15-18-3-2-10-26(18)13-9-21(23(30)27-11-6-17(16-29)7-12-27)28-14-8-19-20(28)4-1-5-22(19)33(25,31)32;24-15-17-6-4-12-27(17)14-10-21(23(30)28-13-2-1-5-18(28)16-29)26-33(31,32)22-8-3-7-20-19(22)9-11-25-20/h1,3,5-8,10-11,17,21,25-26,29H,2,4,9,12-13,15-16H2;1-5,8,10,14,17,21,29H,6-7,9,11-13,16H2,(H2,25,31,32);3-4,6-9,11-12,18,21,25-26,29H,1-2,5,10,13-14,16H2. The van der Waals surface area contributed by atoms with Crippen LogP contribution in [0, 0.1) is 45.8 Å². The van der Waals surface area contributed by atoms with Crippen molar-refractivity contribution in [2.75, 3.05) is 52.5 Å². The van der Waals surface area contributed by atoms with Crippen molar-refractivity contribution in [3.8, 4) is 18.2 Å². The molecule has 0 aliphatic carbocycles. The molecule has 522 valence electrons. The van der Waals surface area contributed by atoms with Crippen LogP contribution in [0.2, 0.25) is 0 Å². The van der Waals surface area contributed by atoms with Gasteiger partial charge in [-0.3, -0.25) is 14.4 Å². The van der Waals surface area contributed by atoms with Gasteiger partial charge in [-0.05, 0) is 167 Å². The van der Waals surface area contributed by atoms with E-state index in [4.69, 9.17) is 5.14 Å². The van der Waals surface area contributed by atoms with Gasteiger partial charge in [0.05, 0.1) is 32.9 Å². The minimum absolute atomic E-state index is 0.00937. The molecule has 99 heavy (non-hydrogen) atoms. The average molecular weight is 1410 g/mol. The van der Waals surface area contributed by atoms with Crippen LogP contribution in [0.25, 0.3) is 32.7 Å². The number of aromatic amines is 2. The number of aliphatic hydroxyl groups excluding tert-OH is 3. The predicted octanol–water partition coefficient (Wildman–Crippen LogP) is 5.59. The first-order valence-corrected chi connectivity index (χ1v) is 37.4. The van der Waals surface area contributed by atoms with Gasteiger partial charge in [0.2, 0.25) is 47.8 Å². The molecule has 3 aliphatic heterocycles. The van der Waals surface area contributed by atoms with Gasteiger partial charge in [0.25, 0.3) is 0 Å². The molecule has 12 rings (SSSR count). The van der Waals surface area contributed by atoms with Gasteiger partial charge in [0.1, 0.15) is 53.4 Å². The summed E-state index contributed by atoms with van der Waals surface area (Å²) in [5, 5.41) is 63.6. The second kappa shape index (κ2) is 32.5. The van der Waals surface area contributed by atoms with Gasteiger partial charge in [0, 0.05) is 130 Å². The molecule has 0 bridgehead atoms. The van der Waals surface area contributed by atoms with Crippen molar-refractivity contribution >= 4 is 80.5 Å². The number of aromatic nitrogens is 6. The third-order valence-electron chi connectivity index (χ3n) is 18.7. The lowest BCUT2D eigenvalue weighted by Crippen LogP contribution is -2.54. The van der Waals surface area contributed by atoms with Crippen molar-refractivity contribution in [1.82, 2.24) is 52.4 Å². The molecule has 5 atom stereocenters. The molecule has 0 spiro atoms. The molecule has 3 aromatic carbocycles. The Morgan fingerprint density at radius 2 is 1.03 bits per heavy atom. The largest absolute Gasteiger partial charge is 0.396 e. The summed E-state index contributed by atoms with van der Waals surface area (Å²) < 4.78 is 89.8. The zero-order valence-corrected chi connectivity index (χ0v) is 56.9. The van der Waals surface area contributed by atoms with Crippen molar-refractivity contribution in [1.29, 1.82) is 15.8 Å². The SMILES string of the molecule is N#Cc1cccn1CCC(C(=O)N1CCC(CO)CC1)n1ccc2c(S(N)(=O)=O)cccc21.N#Cc1cccn1CCC(NS(=O)(=O)c1cccc2[nH]ccc12)C(=O)N1CCCC(CO)C1.N#Cc1cccn1CCC(NS(=O)(=O)c1cccc2[nH]ccc12)C(=O)N1CCCCC1CO. The molecule has 9 N–H and O–H groups in total. The Balaban J connectivity index is 0.000000161. The maximum Gasteiger partial charge on any atom is 0.245 e. The van der Waals surface area contributed by atoms with E-state index >= 15 is 0 Å². The van der Waals surface area contributed by atoms with Gasteiger partial charge < -0.3 is 58.3 Å². The lowest BCUT2D eigenvalue weighted by Gasteiger charge is -2.37. The Kier molecular flexibility index (Phi) is 23.8. The maximum absolute atomic E-state index is 13.7. The number of H-pyrrole nitrogens is 2. The average Bonchev–Trinajstić information content (AvgIpc) is 1.83. The molecule has 9 heterocycles. The predicted molar refractivity (Wildman–Crippen MR) is 368 cm³/mol. The number of nitrogens with zero attached hydrogens (tertiary/aromatic N) is 10. The molecule has 5 unspecified atom stereocenters. The van der Waals surface area contributed by atoms with E-state index in [0.717, 1.165) is 38.5 Å². The van der Waals surface area contributed by atoms with E-state index in [0.29, 0.717) is 115 Å². The molecule has 27 nitrogen and oxygen atoms in total. The summed E-state index contributed by atoms with van der Waals surface area (Å²) in [7, 11) is -12.0. The van der Waals surface area contributed by atoms with E-state index in [9.17, 15) is 70.7 Å². The second-order valence-electron chi connectivity index (χ2n) is 25.0. The molecule has 30 heteroatoms.